The van der Waals surface area contributed by atoms with Crippen LogP contribution in [0.3, 0.4) is 0 Å². The highest BCUT2D eigenvalue weighted by atomic mass is 32.2. The minimum Gasteiger partial charge on any atom is -0.422 e. The van der Waals surface area contributed by atoms with Crippen molar-refractivity contribution in [1.29, 1.82) is 0 Å². The van der Waals surface area contributed by atoms with Gasteiger partial charge >= 0.3 is 5.97 Å². The van der Waals surface area contributed by atoms with Crippen LogP contribution in [0.15, 0.2) is 75.8 Å². The van der Waals surface area contributed by atoms with Gasteiger partial charge in [-0.3, -0.25) is 4.79 Å². The highest BCUT2D eigenvalue weighted by molar-refractivity contribution is 8.04. The Balaban J connectivity index is 1.64. The van der Waals surface area contributed by atoms with Crippen molar-refractivity contribution in [2.75, 3.05) is 0 Å². The van der Waals surface area contributed by atoms with Crippen LogP contribution < -0.4 is 4.74 Å². The zero-order chi connectivity index (χ0) is 17.2. The number of hydrogen-bond donors (Lipinski definition) is 0. The highest BCUT2D eigenvalue weighted by Gasteiger charge is 2.25. The van der Waals surface area contributed by atoms with Crippen molar-refractivity contribution in [1.82, 2.24) is 0 Å². The molecule has 1 aliphatic heterocycles. The van der Waals surface area contributed by atoms with E-state index in [1.807, 2.05) is 41.8 Å². The van der Waals surface area contributed by atoms with Gasteiger partial charge in [0.05, 0.1) is 4.91 Å². The summed E-state index contributed by atoms with van der Waals surface area (Å²) < 4.78 is 5.52. The van der Waals surface area contributed by atoms with Gasteiger partial charge in [-0.1, -0.05) is 48.2 Å². The predicted octanol–water partition coefficient (Wildman–Crippen LogP) is 5.30. The predicted molar refractivity (Wildman–Crippen MR) is 100 cm³/mol. The summed E-state index contributed by atoms with van der Waals surface area (Å²) in [6.07, 6.45) is 1.78. The minimum absolute atomic E-state index is 0.0000126. The topological polar surface area (TPSA) is 43.4 Å². The first-order valence-corrected chi connectivity index (χ1v) is 9.30. The molecule has 0 fully saturated rings. The summed E-state index contributed by atoms with van der Waals surface area (Å²) in [7, 11) is 0. The second kappa shape index (κ2) is 6.70. The summed E-state index contributed by atoms with van der Waals surface area (Å²) in [6.45, 7) is 0. The first kappa shape index (κ1) is 15.9. The Morgan fingerprint density at radius 3 is 2.56 bits per heavy atom. The summed E-state index contributed by atoms with van der Waals surface area (Å²) in [5.41, 5.74) is 1.42. The zero-order valence-electron chi connectivity index (χ0n) is 13.0. The molecule has 25 heavy (non-hydrogen) atoms. The third-order valence-corrected chi connectivity index (χ3v) is 5.65. The van der Waals surface area contributed by atoms with E-state index < -0.39 is 5.97 Å². The number of thiophene rings is 1. The lowest BCUT2D eigenvalue weighted by Gasteiger charge is -2.07. The third-order valence-electron chi connectivity index (χ3n) is 3.71. The number of thioether (sulfide) groups is 1. The monoisotopic (exact) mass is 364 g/mol. The van der Waals surface area contributed by atoms with Crippen LogP contribution in [0.5, 0.6) is 5.75 Å². The summed E-state index contributed by atoms with van der Waals surface area (Å²) >= 11 is 2.77. The summed E-state index contributed by atoms with van der Waals surface area (Å²) in [5, 5.41) is 1.83. The molecular formula is C20H12O3S2. The number of hydrogen-bond acceptors (Lipinski definition) is 5. The van der Waals surface area contributed by atoms with Crippen molar-refractivity contribution >= 4 is 40.9 Å². The Bertz CT molecular complexity index is 988. The van der Waals surface area contributed by atoms with E-state index in [4.69, 9.17) is 4.74 Å². The van der Waals surface area contributed by atoms with Gasteiger partial charge in [-0.15, -0.1) is 11.3 Å². The maximum absolute atomic E-state index is 12.5. The van der Waals surface area contributed by atoms with Crippen LogP contribution in [-0.4, -0.2) is 11.8 Å². The number of ketones is 1. The Morgan fingerprint density at radius 2 is 1.76 bits per heavy atom. The van der Waals surface area contributed by atoms with Crippen LogP contribution in [0.4, 0.5) is 0 Å². The zero-order valence-corrected chi connectivity index (χ0v) is 14.6. The summed E-state index contributed by atoms with van der Waals surface area (Å²) in [6, 6.07) is 18.3. The average molecular weight is 364 g/mol. The number of carbonyl (C=O) groups is 2. The Hall–Kier alpha value is -2.63. The molecule has 0 unspecified atom stereocenters. The number of fused-ring (bicyclic) bond motifs is 1. The van der Waals surface area contributed by atoms with Crippen LogP contribution >= 0.6 is 23.1 Å². The van der Waals surface area contributed by atoms with Gasteiger partial charge in [0, 0.05) is 16.0 Å². The number of Topliss-reactive ketones (excluding diaryl/α,β-unsaturated/α-hetero) is 1. The molecule has 0 N–H and O–H groups in total. The molecular weight excluding hydrogens is 352 g/mol. The standard InChI is InChI=1S/C20H12O3S2/c21-19-14-7-2-4-9-16(14)25-18(19)12-13-6-1-3-8-15(13)23-20(22)17-10-5-11-24-17/h1-12H. The molecule has 0 saturated carbocycles. The molecule has 0 amide bonds. The molecule has 1 aromatic heterocycles. The molecule has 0 radical (unpaired) electrons. The van der Waals surface area contributed by atoms with E-state index in [9.17, 15) is 9.59 Å². The Labute approximate surface area is 153 Å². The number of carbonyl (C=O) groups excluding carboxylic acids is 2. The lowest BCUT2D eigenvalue weighted by molar-refractivity contribution is 0.0739. The van der Waals surface area contributed by atoms with Crippen LogP contribution in [0, 0.1) is 0 Å². The van der Waals surface area contributed by atoms with E-state index in [0.717, 1.165) is 4.90 Å². The third kappa shape index (κ3) is 3.16. The molecule has 2 heterocycles. The molecule has 122 valence electrons. The fraction of sp³-hybridized carbons (Fsp3) is 0. The van der Waals surface area contributed by atoms with Crippen LogP contribution in [0.25, 0.3) is 6.08 Å². The molecule has 0 saturated heterocycles. The smallest absolute Gasteiger partial charge is 0.353 e. The lowest BCUT2D eigenvalue weighted by atomic mass is 10.1. The van der Waals surface area contributed by atoms with E-state index in [-0.39, 0.29) is 5.78 Å². The number of para-hydroxylation sites is 1. The molecule has 3 nitrogen and oxygen atoms in total. The molecule has 0 bridgehead atoms. The van der Waals surface area contributed by atoms with E-state index in [0.29, 0.717) is 26.7 Å². The maximum atomic E-state index is 12.5. The van der Waals surface area contributed by atoms with Crippen molar-refractivity contribution in [2.45, 2.75) is 4.90 Å². The van der Waals surface area contributed by atoms with Crippen molar-refractivity contribution in [3.8, 4) is 5.75 Å². The first-order chi connectivity index (χ1) is 12.2. The van der Waals surface area contributed by atoms with E-state index >= 15 is 0 Å². The number of ether oxygens (including phenoxy) is 1. The van der Waals surface area contributed by atoms with Gasteiger partial charge in [0.25, 0.3) is 0 Å². The number of benzene rings is 2. The van der Waals surface area contributed by atoms with E-state index in [2.05, 4.69) is 0 Å². The van der Waals surface area contributed by atoms with Crippen molar-refractivity contribution in [3.63, 3.8) is 0 Å². The van der Waals surface area contributed by atoms with Crippen molar-refractivity contribution in [3.05, 3.63) is 87.0 Å². The van der Waals surface area contributed by atoms with Gasteiger partial charge < -0.3 is 4.74 Å². The maximum Gasteiger partial charge on any atom is 0.353 e. The second-order valence-electron chi connectivity index (χ2n) is 5.34. The summed E-state index contributed by atoms with van der Waals surface area (Å²) in [5.74, 6) is 0.0484. The molecule has 0 atom stereocenters. The lowest BCUT2D eigenvalue weighted by Crippen LogP contribution is -2.07. The highest BCUT2D eigenvalue weighted by Crippen LogP contribution is 2.41. The fourth-order valence-corrected chi connectivity index (χ4v) is 4.16. The molecule has 2 aromatic carbocycles. The molecule has 3 aromatic rings. The molecule has 0 aliphatic carbocycles. The van der Waals surface area contributed by atoms with Gasteiger partial charge in [-0.2, -0.15) is 0 Å². The van der Waals surface area contributed by atoms with Gasteiger partial charge in [0.2, 0.25) is 5.78 Å². The average Bonchev–Trinajstić information content (AvgIpc) is 3.26. The van der Waals surface area contributed by atoms with Crippen molar-refractivity contribution < 1.29 is 14.3 Å². The van der Waals surface area contributed by atoms with E-state index in [1.54, 1.807) is 30.3 Å². The minimum atomic E-state index is -0.394. The Kier molecular flexibility index (Phi) is 4.26. The van der Waals surface area contributed by atoms with Gasteiger partial charge in [0.1, 0.15) is 10.6 Å². The summed E-state index contributed by atoms with van der Waals surface area (Å²) in [4.78, 5) is 26.8. The van der Waals surface area contributed by atoms with Crippen LogP contribution in [-0.2, 0) is 0 Å². The fourth-order valence-electron chi connectivity index (χ4n) is 2.51. The quantitative estimate of drug-likeness (QED) is 0.359. The Morgan fingerprint density at radius 1 is 0.960 bits per heavy atom. The SMILES string of the molecule is O=C(Oc1ccccc1C=C1Sc2ccccc2C1=O)c1cccs1. The second-order valence-corrected chi connectivity index (χ2v) is 7.37. The number of allylic oxidation sites excluding steroid dienone is 1. The van der Waals surface area contributed by atoms with E-state index in [1.165, 1.54) is 23.1 Å². The van der Waals surface area contributed by atoms with Gasteiger partial charge in [-0.05, 0) is 35.7 Å². The molecule has 4 rings (SSSR count). The normalized spacial score (nSPS) is 14.6. The number of rotatable bonds is 3. The largest absolute Gasteiger partial charge is 0.422 e. The van der Waals surface area contributed by atoms with Gasteiger partial charge in [0.15, 0.2) is 0 Å². The molecule has 1 aliphatic rings. The first-order valence-electron chi connectivity index (χ1n) is 7.60. The van der Waals surface area contributed by atoms with Gasteiger partial charge in [-0.25, -0.2) is 4.79 Å². The van der Waals surface area contributed by atoms with Crippen LogP contribution in [0.1, 0.15) is 25.6 Å². The van der Waals surface area contributed by atoms with Crippen molar-refractivity contribution in [2.24, 2.45) is 0 Å². The molecule has 5 heteroatoms. The van der Waals surface area contributed by atoms with Crippen LogP contribution in [0.2, 0.25) is 0 Å². The number of esters is 1. The molecule has 0 spiro atoms.